The van der Waals surface area contributed by atoms with Crippen molar-refractivity contribution in [2.75, 3.05) is 26.2 Å². The van der Waals surface area contributed by atoms with Gasteiger partial charge in [-0.25, -0.2) is 0 Å². The first kappa shape index (κ1) is 17.4. The SMILES string of the molecule is O=P(NCCN1CCCCCC1)(c1ccccc1)c1ccccc1. The first-order valence-corrected chi connectivity index (χ1v) is 10.7. The monoisotopic (exact) mass is 342 g/mol. The summed E-state index contributed by atoms with van der Waals surface area (Å²) in [6.07, 6.45) is 5.26. The predicted octanol–water partition coefficient (Wildman–Crippen LogP) is 3.38. The Balaban J connectivity index is 1.72. The van der Waals surface area contributed by atoms with E-state index in [4.69, 9.17) is 0 Å². The van der Waals surface area contributed by atoms with Crippen LogP contribution in [-0.2, 0) is 4.57 Å². The van der Waals surface area contributed by atoms with Crippen LogP contribution in [-0.4, -0.2) is 31.1 Å². The second-order valence-electron chi connectivity index (χ2n) is 6.44. The molecule has 1 saturated heterocycles. The molecule has 3 nitrogen and oxygen atoms in total. The molecule has 3 rings (SSSR count). The van der Waals surface area contributed by atoms with Gasteiger partial charge in [-0.3, -0.25) is 9.65 Å². The van der Waals surface area contributed by atoms with E-state index in [9.17, 15) is 4.57 Å². The Hall–Kier alpha value is -1.41. The summed E-state index contributed by atoms with van der Waals surface area (Å²) in [4.78, 5) is 2.50. The van der Waals surface area contributed by atoms with Crippen molar-refractivity contribution in [1.82, 2.24) is 9.99 Å². The van der Waals surface area contributed by atoms with E-state index in [0.29, 0.717) is 0 Å². The van der Waals surface area contributed by atoms with Gasteiger partial charge in [0.1, 0.15) is 0 Å². The van der Waals surface area contributed by atoms with E-state index in [-0.39, 0.29) is 0 Å². The van der Waals surface area contributed by atoms with Gasteiger partial charge in [-0.05, 0) is 50.2 Å². The topological polar surface area (TPSA) is 32.3 Å². The molecule has 0 aromatic heterocycles. The van der Waals surface area contributed by atoms with Crippen LogP contribution in [0.25, 0.3) is 0 Å². The minimum absolute atomic E-state index is 0.751. The van der Waals surface area contributed by atoms with Crippen LogP contribution in [0.15, 0.2) is 60.7 Å². The van der Waals surface area contributed by atoms with Crippen LogP contribution in [0, 0.1) is 0 Å². The van der Waals surface area contributed by atoms with Gasteiger partial charge in [-0.15, -0.1) is 0 Å². The van der Waals surface area contributed by atoms with Crippen molar-refractivity contribution >= 4 is 17.9 Å². The van der Waals surface area contributed by atoms with E-state index < -0.39 is 7.29 Å². The summed E-state index contributed by atoms with van der Waals surface area (Å²) < 4.78 is 13.8. The number of nitrogens with zero attached hydrogens (tertiary/aromatic N) is 1. The third-order valence-electron chi connectivity index (χ3n) is 4.70. The maximum atomic E-state index is 13.8. The van der Waals surface area contributed by atoms with E-state index in [2.05, 4.69) is 9.99 Å². The van der Waals surface area contributed by atoms with Crippen LogP contribution in [0.3, 0.4) is 0 Å². The zero-order valence-electron chi connectivity index (χ0n) is 14.2. The molecule has 0 bridgehead atoms. The van der Waals surface area contributed by atoms with E-state index in [1.807, 2.05) is 60.7 Å². The largest absolute Gasteiger partial charge is 0.302 e. The minimum atomic E-state index is -2.78. The average Bonchev–Trinajstić information content (AvgIpc) is 2.92. The molecule has 2 aromatic rings. The van der Waals surface area contributed by atoms with Crippen molar-refractivity contribution < 1.29 is 4.57 Å². The molecular weight excluding hydrogens is 315 g/mol. The maximum Gasteiger partial charge on any atom is 0.204 e. The molecule has 1 aliphatic rings. The van der Waals surface area contributed by atoms with Crippen LogP contribution in [0.1, 0.15) is 25.7 Å². The number of hydrogen-bond donors (Lipinski definition) is 1. The fourth-order valence-corrected chi connectivity index (χ4v) is 5.60. The molecule has 0 saturated carbocycles. The van der Waals surface area contributed by atoms with E-state index in [0.717, 1.165) is 23.7 Å². The third kappa shape index (κ3) is 4.36. The average molecular weight is 342 g/mol. The second-order valence-corrected chi connectivity index (χ2v) is 9.01. The summed E-state index contributed by atoms with van der Waals surface area (Å²) in [6.45, 7) is 4.05. The second kappa shape index (κ2) is 8.62. The summed E-state index contributed by atoms with van der Waals surface area (Å²) in [6, 6.07) is 19.6. The zero-order chi connectivity index (χ0) is 16.7. The Kier molecular flexibility index (Phi) is 6.25. The normalized spacial score (nSPS) is 16.7. The summed E-state index contributed by atoms with van der Waals surface area (Å²) in [7, 11) is -2.78. The highest BCUT2D eigenvalue weighted by Crippen LogP contribution is 2.38. The molecule has 1 heterocycles. The predicted molar refractivity (Wildman–Crippen MR) is 103 cm³/mol. The number of rotatable bonds is 6. The van der Waals surface area contributed by atoms with Crippen LogP contribution in [0.4, 0.5) is 0 Å². The standard InChI is InChI=1S/C20H27N2OP/c23-24(19-11-5-3-6-12-19,20-13-7-4-8-14-20)21-15-18-22-16-9-1-2-10-17-22/h3-8,11-14H,1-2,9-10,15-18H2,(H,21,23). The Morgan fingerprint density at radius 1 is 0.792 bits per heavy atom. The van der Waals surface area contributed by atoms with Crippen LogP contribution in [0.2, 0.25) is 0 Å². The lowest BCUT2D eigenvalue weighted by Crippen LogP contribution is -2.35. The smallest absolute Gasteiger partial charge is 0.204 e. The molecule has 0 amide bonds. The summed E-state index contributed by atoms with van der Waals surface area (Å²) in [5.74, 6) is 0. The molecule has 0 atom stereocenters. The lowest BCUT2D eigenvalue weighted by atomic mass is 10.2. The summed E-state index contributed by atoms with van der Waals surface area (Å²) in [5, 5.41) is 5.17. The molecule has 0 radical (unpaired) electrons. The van der Waals surface area contributed by atoms with Gasteiger partial charge in [0.05, 0.1) is 0 Å². The first-order chi connectivity index (χ1) is 11.8. The van der Waals surface area contributed by atoms with Crippen LogP contribution in [0.5, 0.6) is 0 Å². The van der Waals surface area contributed by atoms with Crippen LogP contribution < -0.4 is 15.7 Å². The molecule has 0 aliphatic carbocycles. The molecule has 1 aliphatic heterocycles. The van der Waals surface area contributed by atoms with Crippen molar-refractivity contribution in [3.8, 4) is 0 Å². The Morgan fingerprint density at radius 2 is 1.29 bits per heavy atom. The zero-order valence-corrected chi connectivity index (χ0v) is 15.1. The molecule has 1 fully saturated rings. The molecular formula is C20H27N2OP. The van der Waals surface area contributed by atoms with Crippen molar-refractivity contribution in [2.45, 2.75) is 25.7 Å². The van der Waals surface area contributed by atoms with Crippen molar-refractivity contribution in [3.05, 3.63) is 60.7 Å². The van der Waals surface area contributed by atoms with Gasteiger partial charge in [0.25, 0.3) is 0 Å². The Bertz CT molecular complexity index is 608. The molecule has 128 valence electrons. The minimum Gasteiger partial charge on any atom is -0.302 e. The molecule has 1 N–H and O–H groups in total. The van der Waals surface area contributed by atoms with Crippen LogP contribution >= 0.6 is 7.29 Å². The number of likely N-dealkylation sites (tertiary alicyclic amines) is 1. The molecule has 4 heteroatoms. The highest BCUT2D eigenvalue weighted by molar-refractivity contribution is 7.76. The van der Waals surface area contributed by atoms with Crippen molar-refractivity contribution in [2.24, 2.45) is 0 Å². The third-order valence-corrected chi connectivity index (χ3v) is 7.42. The highest BCUT2D eigenvalue weighted by Gasteiger charge is 2.26. The van der Waals surface area contributed by atoms with Gasteiger partial charge in [0.2, 0.25) is 7.29 Å². The lowest BCUT2D eigenvalue weighted by molar-refractivity contribution is 0.290. The highest BCUT2D eigenvalue weighted by atomic mass is 31.2. The first-order valence-electron chi connectivity index (χ1n) is 8.98. The molecule has 2 aromatic carbocycles. The molecule has 0 unspecified atom stereocenters. The van der Waals surface area contributed by atoms with Gasteiger partial charge in [0, 0.05) is 23.7 Å². The number of hydrogen-bond acceptors (Lipinski definition) is 2. The number of benzene rings is 2. The van der Waals surface area contributed by atoms with Gasteiger partial charge in [-0.1, -0.05) is 49.2 Å². The quantitative estimate of drug-likeness (QED) is 0.817. The fraction of sp³-hybridized carbons (Fsp3) is 0.400. The van der Waals surface area contributed by atoms with Gasteiger partial charge >= 0.3 is 0 Å². The van der Waals surface area contributed by atoms with Gasteiger partial charge < -0.3 is 4.90 Å². The van der Waals surface area contributed by atoms with E-state index in [1.165, 1.54) is 38.8 Å². The van der Waals surface area contributed by atoms with E-state index >= 15 is 0 Å². The van der Waals surface area contributed by atoms with Crippen molar-refractivity contribution in [3.63, 3.8) is 0 Å². The van der Waals surface area contributed by atoms with Gasteiger partial charge in [0.15, 0.2) is 0 Å². The summed E-state index contributed by atoms with van der Waals surface area (Å²) >= 11 is 0. The molecule has 24 heavy (non-hydrogen) atoms. The Morgan fingerprint density at radius 3 is 1.79 bits per heavy atom. The van der Waals surface area contributed by atoms with E-state index in [1.54, 1.807) is 0 Å². The summed E-state index contributed by atoms with van der Waals surface area (Å²) in [5.41, 5.74) is 0. The lowest BCUT2D eigenvalue weighted by Gasteiger charge is -2.24. The van der Waals surface area contributed by atoms with Crippen molar-refractivity contribution in [1.29, 1.82) is 0 Å². The fourth-order valence-electron chi connectivity index (χ4n) is 3.33. The molecule has 0 spiro atoms. The Labute approximate surface area is 145 Å². The number of nitrogens with one attached hydrogen (secondary N) is 1. The van der Waals surface area contributed by atoms with Gasteiger partial charge in [-0.2, -0.15) is 0 Å². The maximum absolute atomic E-state index is 13.8.